The van der Waals surface area contributed by atoms with Gasteiger partial charge in [-0.25, -0.2) is 0 Å². The van der Waals surface area contributed by atoms with Crippen LogP contribution in [0.4, 0.5) is 13.2 Å². The number of alkyl halides is 3. The van der Waals surface area contributed by atoms with E-state index in [2.05, 4.69) is 10.2 Å². The third-order valence-corrected chi connectivity index (χ3v) is 5.15. The van der Waals surface area contributed by atoms with Gasteiger partial charge in [-0.1, -0.05) is 12.1 Å². The van der Waals surface area contributed by atoms with Crippen molar-refractivity contribution in [1.82, 2.24) is 10.2 Å². The average molecular weight is 326 g/mol. The summed E-state index contributed by atoms with van der Waals surface area (Å²) in [5, 5.41) is 3.00. The van der Waals surface area contributed by atoms with Crippen molar-refractivity contribution < 1.29 is 18.0 Å². The number of fused-ring (bicyclic) bond motifs is 1. The van der Waals surface area contributed by atoms with Crippen LogP contribution in [0.15, 0.2) is 24.3 Å². The van der Waals surface area contributed by atoms with E-state index in [9.17, 15) is 18.0 Å². The summed E-state index contributed by atoms with van der Waals surface area (Å²) >= 11 is 0. The minimum Gasteiger partial charge on any atom is -0.348 e. The molecule has 0 spiro atoms. The lowest BCUT2D eigenvalue weighted by atomic mass is 9.92. The molecule has 6 heteroatoms. The van der Waals surface area contributed by atoms with Gasteiger partial charge in [-0.3, -0.25) is 9.69 Å². The lowest BCUT2D eigenvalue weighted by Crippen LogP contribution is -2.52. The summed E-state index contributed by atoms with van der Waals surface area (Å²) in [7, 11) is 0. The predicted octanol–water partition coefficient (Wildman–Crippen LogP) is 3.51. The first-order valence-corrected chi connectivity index (χ1v) is 8.06. The summed E-state index contributed by atoms with van der Waals surface area (Å²) in [6, 6.07) is 4.70. The van der Waals surface area contributed by atoms with Gasteiger partial charge in [0.25, 0.3) is 0 Å². The van der Waals surface area contributed by atoms with Gasteiger partial charge in [-0.05, 0) is 63.4 Å². The van der Waals surface area contributed by atoms with Crippen LogP contribution >= 0.6 is 0 Å². The van der Waals surface area contributed by atoms with Crippen LogP contribution in [0.25, 0.3) is 0 Å². The van der Waals surface area contributed by atoms with E-state index < -0.39 is 11.7 Å². The van der Waals surface area contributed by atoms with Crippen LogP contribution in [0.5, 0.6) is 0 Å². The Labute approximate surface area is 133 Å². The Morgan fingerprint density at radius 1 is 1.17 bits per heavy atom. The molecule has 2 saturated heterocycles. The summed E-state index contributed by atoms with van der Waals surface area (Å²) in [5.74, 6) is 0.0138. The molecule has 126 valence electrons. The third kappa shape index (κ3) is 2.96. The highest BCUT2D eigenvalue weighted by Gasteiger charge is 2.50. The molecule has 1 atom stereocenters. The van der Waals surface area contributed by atoms with Crippen molar-refractivity contribution in [3.05, 3.63) is 35.4 Å². The van der Waals surface area contributed by atoms with Crippen LogP contribution < -0.4 is 5.32 Å². The molecule has 1 aromatic carbocycles. The molecule has 3 nitrogen and oxygen atoms in total. The van der Waals surface area contributed by atoms with Crippen LogP contribution in [-0.4, -0.2) is 29.4 Å². The SMILES string of the molecule is C[C@H](NC(=O)C12CCCN1CCC2)c1ccc(C(F)(F)F)cc1. The summed E-state index contributed by atoms with van der Waals surface area (Å²) in [6.07, 6.45) is -0.528. The molecule has 0 aromatic heterocycles. The number of carbonyl (C=O) groups is 1. The predicted molar refractivity (Wildman–Crippen MR) is 80.8 cm³/mol. The second-order valence-electron chi connectivity index (χ2n) is 6.54. The molecule has 3 rings (SSSR count). The van der Waals surface area contributed by atoms with Crippen LogP contribution in [0, 0.1) is 0 Å². The maximum absolute atomic E-state index is 12.7. The van der Waals surface area contributed by atoms with Crippen LogP contribution in [0.3, 0.4) is 0 Å². The van der Waals surface area contributed by atoms with E-state index in [4.69, 9.17) is 0 Å². The van der Waals surface area contributed by atoms with Gasteiger partial charge in [0.2, 0.25) is 5.91 Å². The van der Waals surface area contributed by atoms with Crippen molar-refractivity contribution in [2.45, 2.75) is 50.4 Å². The van der Waals surface area contributed by atoms with Crippen molar-refractivity contribution in [2.75, 3.05) is 13.1 Å². The van der Waals surface area contributed by atoms with E-state index in [0.717, 1.165) is 50.9 Å². The number of nitrogens with one attached hydrogen (secondary N) is 1. The number of nitrogens with zero attached hydrogens (tertiary/aromatic N) is 1. The van der Waals surface area contributed by atoms with Gasteiger partial charge in [0.05, 0.1) is 11.6 Å². The smallest absolute Gasteiger partial charge is 0.348 e. The first-order valence-electron chi connectivity index (χ1n) is 8.06. The molecule has 23 heavy (non-hydrogen) atoms. The largest absolute Gasteiger partial charge is 0.416 e. The molecule has 2 aliphatic heterocycles. The second kappa shape index (κ2) is 5.82. The molecule has 2 fully saturated rings. The van der Waals surface area contributed by atoms with E-state index in [0.29, 0.717) is 5.56 Å². The number of carbonyl (C=O) groups excluding carboxylic acids is 1. The van der Waals surface area contributed by atoms with E-state index in [-0.39, 0.29) is 17.5 Å². The summed E-state index contributed by atoms with van der Waals surface area (Å²) < 4.78 is 37.8. The molecule has 0 radical (unpaired) electrons. The topological polar surface area (TPSA) is 32.3 Å². The van der Waals surface area contributed by atoms with E-state index in [1.54, 1.807) is 0 Å². The normalized spacial score (nSPS) is 21.9. The number of hydrogen-bond acceptors (Lipinski definition) is 2. The highest BCUT2D eigenvalue weighted by atomic mass is 19.4. The highest BCUT2D eigenvalue weighted by Crippen LogP contribution is 2.39. The van der Waals surface area contributed by atoms with Crippen LogP contribution in [0.1, 0.15) is 49.8 Å². The summed E-state index contributed by atoms with van der Waals surface area (Å²) in [5.41, 5.74) is -0.374. The molecule has 0 saturated carbocycles. The van der Waals surface area contributed by atoms with Crippen molar-refractivity contribution in [2.24, 2.45) is 0 Å². The molecule has 0 bridgehead atoms. The maximum atomic E-state index is 12.7. The zero-order chi connectivity index (χ0) is 16.7. The third-order valence-electron chi connectivity index (χ3n) is 5.15. The average Bonchev–Trinajstić information content (AvgIpc) is 3.06. The zero-order valence-corrected chi connectivity index (χ0v) is 13.1. The zero-order valence-electron chi connectivity index (χ0n) is 13.1. The quantitative estimate of drug-likeness (QED) is 0.922. The molecular formula is C17H21F3N2O. The minimum atomic E-state index is -4.34. The van der Waals surface area contributed by atoms with Crippen molar-refractivity contribution in [3.8, 4) is 0 Å². The minimum absolute atomic E-state index is 0.0138. The molecule has 0 aliphatic carbocycles. The first-order chi connectivity index (χ1) is 10.8. The number of halogens is 3. The second-order valence-corrected chi connectivity index (χ2v) is 6.54. The van der Waals surface area contributed by atoms with Gasteiger partial charge < -0.3 is 5.32 Å². The molecular weight excluding hydrogens is 305 g/mol. The molecule has 1 aromatic rings. The Hall–Kier alpha value is -1.56. The maximum Gasteiger partial charge on any atom is 0.416 e. The van der Waals surface area contributed by atoms with E-state index in [1.165, 1.54) is 12.1 Å². The monoisotopic (exact) mass is 326 g/mol. The fourth-order valence-electron chi connectivity index (χ4n) is 3.85. The number of amides is 1. The number of rotatable bonds is 3. The Morgan fingerprint density at radius 3 is 2.26 bits per heavy atom. The van der Waals surface area contributed by atoms with Gasteiger partial charge >= 0.3 is 6.18 Å². The fraction of sp³-hybridized carbons (Fsp3) is 0.588. The fourth-order valence-corrected chi connectivity index (χ4v) is 3.85. The van der Waals surface area contributed by atoms with Gasteiger partial charge in [0.1, 0.15) is 5.54 Å². The van der Waals surface area contributed by atoms with Gasteiger partial charge in [-0.2, -0.15) is 13.2 Å². The van der Waals surface area contributed by atoms with Gasteiger partial charge in [0, 0.05) is 0 Å². The molecule has 1 N–H and O–H groups in total. The molecule has 2 aliphatic rings. The number of benzene rings is 1. The van der Waals surface area contributed by atoms with Crippen LogP contribution in [0.2, 0.25) is 0 Å². The van der Waals surface area contributed by atoms with Gasteiger partial charge in [0.15, 0.2) is 0 Å². The Balaban J connectivity index is 1.69. The Kier molecular flexibility index (Phi) is 4.12. The van der Waals surface area contributed by atoms with E-state index in [1.807, 2.05) is 6.92 Å². The number of hydrogen-bond donors (Lipinski definition) is 1. The lowest BCUT2D eigenvalue weighted by Gasteiger charge is -2.32. The van der Waals surface area contributed by atoms with Crippen molar-refractivity contribution in [3.63, 3.8) is 0 Å². The molecule has 2 heterocycles. The summed E-state index contributed by atoms with van der Waals surface area (Å²) in [4.78, 5) is 15.0. The molecule has 0 unspecified atom stereocenters. The molecule has 1 amide bonds. The highest BCUT2D eigenvalue weighted by molar-refractivity contribution is 5.87. The Bertz CT molecular complexity index is 572. The first kappa shape index (κ1) is 16.3. The Morgan fingerprint density at radius 2 is 1.74 bits per heavy atom. The van der Waals surface area contributed by atoms with Gasteiger partial charge in [-0.15, -0.1) is 0 Å². The lowest BCUT2D eigenvalue weighted by molar-refractivity contribution is -0.137. The van der Waals surface area contributed by atoms with Crippen LogP contribution in [-0.2, 0) is 11.0 Å². The van der Waals surface area contributed by atoms with Crippen molar-refractivity contribution >= 4 is 5.91 Å². The van der Waals surface area contributed by atoms with E-state index >= 15 is 0 Å². The standard InChI is InChI=1S/C17H21F3N2O/c1-12(13-4-6-14(7-5-13)17(18,19)20)21-15(23)16-8-2-10-22(16)11-3-9-16/h4-7,12H,2-3,8-11H2,1H3,(H,21,23)/t12-/m0/s1. The van der Waals surface area contributed by atoms with Crippen molar-refractivity contribution in [1.29, 1.82) is 0 Å². The summed E-state index contributed by atoms with van der Waals surface area (Å²) in [6.45, 7) is 3.73.